The number of methoxy groups -OCH3 is 2. The van der Waals surface area contributed by atoms with E-state index in [2.05, 4.69) is 10.5 Å². The summed E-state index contributed by atoms with van der Waals surface area (Å²) in [5, 5.41) is 6.69. The van der Waals surface area contributed by atoms with Gasteiger partial charge in [-0.3, -0.25) is 14.4 Å². The van der Waals surface area contributed by atoms with E-state index in [1.54, 1.807) is 37.1 Å². The van der Waals surface area contributed by atoms with E-state index in [1.165, 1.54) is 13.2 Å². The van der Waals surface area contributed by atoms with E-state index in [0.29, 0.717) is 55.4 Å². The predicted molar refractivity (Wildman–Crippen MR) is 127 cm³/mol. The number of amides is 2. The summed E-state index contributed by atoms with van der Waals surface area (Å²) in [5.74, 6) is 0.210. The maximum atomic E-state index is 13.2. The fourth-order valence-corrected chi connectivity index (χ4v) is 4.03. The van der Waals surface area contributed by atoms with Gasteiger partial charge in [0.15, 0.2) is 11.5 Å². The van der Waals surface area contributed by atoms with Gasteiger partial charge in [0.1, 0.15) is 17.5 Å². The van der Waals surface area contributed by atoms with Crippen molar-refractivity contribution in [3.63, 3.8) is 0 Å². The molecule has 1 aromatic carbocycles. The molecule has 2 heterocycles. The number of carbonyl (C=O) groups excluding carboxylic acids is 3. The van der Waals surface area contributed by atoms with E-state index >= 15 is 0 Å². The molecule has 35 heavy (non-hydrogen) atoms. The maximum absolute atomic E-state index is 13.2. The average Bonchev–Trinajstić information content (AvgIpc) is 3.36. The zero-order valence-electron chi connectivity index (χ0n) is 20.8. The Bertz CT molecular complexity index is 1040. The van der Waals surface area contributed by atoms with E-state index < -0.39 is 11.9 Å². The van der Waals surface area contributed by atoms with Crippen molar-refractivity contribution >= 4 is 17.8 Å². The van der Waals surface area contributed by atoms with E-state index in [4.69, 9.17) is 18.7 Å². The van der Waals surface area contributed by atoms with Crippen molar-refractivity contribution in [1.82, 2.24) is 15.4 Å². The van der Waals surface area contributed by atoms with Gasteiger partial charge in [-0.1, -0.05) is 19.0 Å². The molecule has 1 atom stereocenters. The van der Waals surface area contributed by atoms with Crippen LogP contribution in [0.15, 0.2) is 28.8 Å². The largest absolute Gasteiger partial charge is 0.497 e. The summed E-state index contributed by atoms with van der Waals surface area (Å²) < 4.78 is 21.1. The Labute approximate surface area is 204 Å². The normalized spacial score (nSPS) is 15.0. The number of benzene rings is 1. The van der Waals surface area contributed by atoms with Crippen LogP contribution in [0, 0.1) is 11.8 Å². The van der Waals surface area contributed by atoms with Crippen LogP contribution < -0.4 is 14.8 Å². The molecule has 0 saturated carbocycles. The Morgan fingerprint density at radius 2 is 1.86 bits per heavy atom. The highest BCUT2D eigenvalue weighted by atomic mass is 16.5. The molecule has 1 saturated heterocycles. The highest BCUT2D eigenvalue weighted by molar-refractivity contribution is 5.97. The second-order valence-electron chi connectivity index (χ2n) is 8.69. The molecule has 1 aromatic heterocycles. The van der Waals surface area contributed by atoms with Crippen LogP contribution in [0.1, 0.15) is 44.1 Å². The highest BCUT2D eigenvalue weighted by Crippen LogP contribution is 2.33. The van der Waals surface area contributed by atoms with Crippen LogP contribution in [0.4, 0.5) is 0 Å². The predicted octanol–water partition coefficient (Wildman–Crippen LogP) is 2.91. The monoisotopic (exact) mass is 487 g/mol. The standard InChI is InChI=1S/C25H33N3O7/c1-6-34-25(31)16-9-11-28(12-10-16)24(30)22(15(2)3)26-23(29)19-14-21(35-27-19)18-8-7-17(32-4)13-20(18)33-5/h7-8,13-16,22H,6,9-12H2,1-5H3,(H,26,29). The summed E-state index contributed by atoms with van der Waals surface area (Å²) in [6.07, 6.45) is 1.08. The molecule has 0 radical (unpaired) electrons. The van der Waals surface area contributed by atoms with Crippen LogP contribution in [0.5, 0.6) is 11.5 Å². The Hall–Kier alpha value is -3.56. The van der Waals surface area contributed by atoms with Crippen molar-refractivity contribution in [1.29, 1.82) is 0 Å². The summed E-state index contributed by atoms with van der Waals surface area (Å²) in [6, 6.07) is 5.97. The molecule has 10 heteroatoms. The number of nitrogens with one attached hydrogen (secondary N) is 1. The molecule has 1 aliphatic heterocycles. The minimum Gasteiger partial charge on any atom is -0.497 e. The van der Waals surface area contributed by atoms with Gasteiger partial charge >= 0.3 is 5.97 Å². The molecule has 1 fully saturated rings. The third-order valence-electron chi connectivity index (χ3n) is 6.06. The summed E-state index contributed by atoms with van der Waals surface area (Å²) in [6.45, 7) is 6.72. The average molecular weight is 488 g/mol. The number of nitrogens with zero attached hydrogens (tertiary/aromatic N) is 2. The fourth-order valence-electron chi connectivity index (χ4n) is 4.03. The molecule has 3 rings (SSSR count). The highest BCUT2D eigenvalue weighted by Gasteiger charge is 2.34. The fraction of sp³-hybridized carbons (Fsp3) is 0.520. The molecule has 1 unspecified atom stereocenters. The molecule has 0 bridgehead atoms. The molecule has 1 N–H and O–H groups in total. The molecule has 1 aliphatic rings. The van der Waals surface area contributed by atoms with Crippen molar-refractivity contribution in [2.75, 3.05) is 33.9 Å². The van der Waals surface area contributed by atoms with Crippen LogP contribution in [-0.2, 0) is 14.3 Å². The van der Waals surface area contributed by atoms with Gasteiger partial charge in [0.2, 0.25) is 5.91 Å². The number of hydrogen-bond donors (Lipinski definition) is 1. The van der Waals surface area contributed by atoms with E-state index in [-0.39, 0.29) is 29.4 Å². The van der Waals surface area contributed by atoms with Crippen LogP contribution in [-0.4, -0.2) is 67.8 Å². The lowest BCUT2D eigenvalue weighted by atomic mass is 9.95. The number of aromatic nitrogens is 1. The summed E-state index contributed by atoms with van der Waals surface area (Å²) in [5.41, 5.74) is 0.665. The molecule has 2 aromatic rings. The first-order chi connectivity index (χ1) is 16.8. The lowest BCUT2D eigenvalue weighted by Crippen LogP contribution is -2.53. The van der Waals surface area contributed by atoms with Gasteiger partial charge in [-0.25, -0.2) is 0 Å². The Morgan fingerprint density at radius 1 is 1.14 bits per heavy atom. The van der Waals surface area contributed by atoms with Crippen molar-refractivity contribution in [3.05, 3.63) is 30.0 Å². The molecular formula is C25H33N3O7. The quantitative estimate of drug-likeness (QED) is 0.536. The van der Waals surface area contributed by atoms with Crippen LogP contribution in [0.2, 0.25) is 0 Å². The van der Waals surface area contributed by atoms with Crippen LogP contribution in [0.25, 0.3) is 11.3 Å². The van der Waals surface area contributed by atoms with Gasteiger partial charge in [-0.15, -0.1) is 0 Å². The first-order valence-electron chi connectivity index (χ1n) is 11.7. The summed E-state index contributed by atoms with van der Waals surface area (Å²) >= 11 is 0. The Kier molecular flexibility index (Phi) is 8.73. The SMILES string of the molecule is CCOC(=O)C1CCN(C(=O)C(NC(=O)c2cc(-c3ccc(OC)cc3OC)on2)C(C)C)CC1. The minimum atomic E-state index is -0.739. The number of rotatable bonds is 9. The number of likely N-dealkylation sites (tertiary alicyclic amines) is 1. The minimum absolute atomic E-state index is 0.0531. The number of carbonyl (C=O) groups is 3. The molecule has 0 aliphatic carbocycles. The molecular weight excluding hydrogens is 454 g/mol. The number of esters is 1. The van der Waals surface area contributed by atoms with Gasteiger partial charge in [-0.2, -0.15) is 0 Å². The lowest BCUT2D eigenvalue weighted by molar-refractivity contribution is -0.151. The van der Waals surface area contributed by atoms with Crippen molar-refractivity contribution < 1.29 is 33.1 Å². The Balaban J connectivity index is 1.67. The zero-order valence-corrected chi connectivity index (χ0v) is 20.8. The third kappa shape index (κ3) is 6.12. The van der Waals surface area contributed by atoms with Crippen LogP contribution >= 0.6 is 0 Å². The lowest BCUT2D eigenvalue weighted by Gasteiger charge is -2.34. The third-order valence-corrected chi connectivity index (χ3v) is 6.06. The van der Waals surface area contributed by atoms with Gasteiger partial charge in [0, 0.05) is 25.2 Å². The van der Waals surface area contributed by atoms with E-state index in [1.807, 2.05) is 13.8 Å². The summed E-state index contributed by atoms with van der Waals surface area (Å²) in [7, 11) is 3.08. The second kappa shape index (κ2) is 11.7. The van der Waals surface area contributed by atoms with Gasteiger partial charge in [0.05, 0.1) is 32.3 Å². The topological polar surface area (TPSA) is 120 Å². The van der Waals surface area contributed by atoms with Gasteiger partial charge < -0.3 is 29.0 Å². The molecule has 2 amide bonds. The van der Waals surface area contributed by atoms with Crippen molar-refractivity contribution in [3.8, 4) is 22.8 Å². The smallest absolute Gasteiger partial charge is 0.309 e. The van der Waals surface area contributed by atoms with Crippen molar-refractivity contribution in [2.24, 2.45) is 11.8 Å². The van der Waals surface area contributed by atoms with Crippen LogP contribution in [0.3, 0.4) is 0 Å². The number of ether oxygens (including phenoxy) is 3. The first-order valence-corrected chi connectivity index (χ1v) is 11.7. The molecule has 10 nitrogen and oxygen atoms in total. The van der Waals surface area contributed by atoms with Gasteiger partial charge in [0.25, 0.3) is 5.91 Å². The maximum Gasteiger partial charge on any atom is 0.309 e. The van der Waals surface area contributed by atoms with E-state index in [9.17, 15) is 14.4 Å². The van der Waals surface area contributed by atoms with E-state index in [0.717, 1.165) is 0 Å². The zero-order chi connectivity index (χ0) is 25.5. The van der Waals surface area contributed by atoms with Crippen molar-refractivity contribution in [2.45, 2.75) is 39.7 Å². The van der Waals surface area contributed by atoms with Gasteiger partial charge in [-0.05, 0) is 37.8 Å². The molecule has 0 spiro atoms. The summed E-state index contributed by atoms with van der Waals surface area (Å²) in [4.78, 5) is 39.8. The Morgan fingerprint density at radius 3 is 2.46 bits per heavy atom. The first kappa shape index (κ1) is 26.1. The molecule has 190 valence electrons. The second-order valence-corrected chi connectivity index (χ2v) is 8.69. The number of hydrogen-bond acceptors (Lipinski definition) is 8. The number of piperidine rings is 1.